The summed E-state index contributed by atoms with van der Waals surface area (Å²) in [4.78, 5) is 78.5. The second-order valence-corrected chi connectivity index (χ2v) is 11.8. The smallest absolute Gasteiger partial charge is 0.332 e. The van der Waals surface area contributed by atoms with Gasteiger partial charge in [0.25, 0.3) is 0 Å². The number of rotatable bonds is 10. The number of β-lactam (4-membered cyclic amide) rings is 1. The van der Waals surface area contributed by atoms with E-state index in [0.29, 0.717) is 5.56 Å². The van der Waals surface area contributed by atoms with Crippen LogP contribution in [0.1, 0.15) is 51.7 Å². The molecule has 2 fully saturated rings. The van der Waals surface area contributed by atoms with E-state index in [-0.39, 0.29) is 6.61 Å². The minimum Gasteiger partial charge on any atom is -0.460 e. The predicted molar refractivity (Wildman–Crippen MR) is 153 cm³/mol. The Labute approximate surface area is 255 Å². The fraction of sp³-hybridized carbons (Fsp3) is 0.438. The maximum atomic E-state index is 13.6. The number of amides is 2. The number of hydrogen-bond donors (Lipinski definition) is 1. The van der Waals surface area contributed by atoms with Crippen molar-refractivity contribution in [3.8, 4) is 0 Å². The molecule has 0 radical (unpaired) electrons. The highest BCUT2D eigenvalue weighted by Gasteiger charge is 2.66. The number of nitrogens with one attached hydrogen (secondary N) is 1. The number of fused-ring (bicyclic) bond motifs is 1. The number of carbonyl (C=O) groups excluding carboxylic acids is 6. The van der Waals surface area contributed by atoms with E-state index in [1.165, 1.54) is 11.8 Å². The minimum atomic E-state index is -1.40. The summed E-state index contributed by atoms with van der Waals surface area (Å²) in [6.07, 6.45) is -0.967. The summed E-state index contributed by atoms with van der Waals surface area (Å²) < 4.78 is 21.1. The number of hydrogen-bond acceptors (Lipinski definition) is 10. The van der Waals surface area contributed by atoms with Gasteiger partial charge in [-0.2, -0.15) is 0 Å². The number of nitrogens with zero attached hydrogens (tertiary/aromatic N) is 1. The third-order valence-corrected chi connectivity index (χ3v) is 7.54. The van der Waals surface area contributed by atoms with E-state index in [1.54, 1.807) is 82.3 Å². The van der Waals surface area contributed by atoms with Crippen LogP contribution < -0.4 is 5.32 Å². The molecular formula is C32H36N2O10. The minimum absolute atomic E-state index is 0.0596. The van der Waals surface area contributed by atoms with Gasteiger partial charge in [0.1, 0.15) is 24.8 Å². The van der Waals surface area contributed by atoms with Crippen molar-refractivity contribution in [3.05, 3.63) is 71.8 Å². The lowest BCUT2D eigenvalue weighted by atomic mass is 9.90. The molecule has 12 heteroatoms. The van der Waals surface area contributed by atoms with E-state index in [2.05, 4.69) is 5.32 Å². The standard InChI is InChI=1S/C32H36N2O10/c1-18-24(30(39)42-17-43-31(40)32(3,4)5)34-25(26(18)44-19(2)35)23(28(34)37)33-27(36)22(21-14-10-7-11-15-21)29(38)41-16-20-12-8-6-9-13-20/h6-15,18,22-26H,16-17H2,1-5H3,(H,33,36)/t18?,22?,23?,24?,25-,26?/m0/s1. The molecular weight excluding hydrogens is 572 g/mol. The van der Waals surface area contributed by atoms with E-state index in [0.717, 1.165) is 5.56 Å². The van der Waals surface area contributed by atoms with Gasteiger partial charge in [0.15, 0.2) is 5.92 Å². The third-order valence-electron chi connectivity index (χ3n) is 7.54. The summed E-state index contributed by atoms with van der Waals surface area (Å²) in [5.74, 6) is -6.44. The van der Waals surface area contributed by atoms with Crippen LogP contribution in [0.25, 0.3) is 0 Å². The lowest BCUT2D eigenvalue weighted by Gasteiger charge is -2.45. The average Bonchev–Trinajstić information content (AvgIpc) is 3.23. The molecule has 5 unspecified atom stereocenters. The number of ether oxygens (including phenoxy) is 4. The summed E-state index contributed by atoms with van der Waals surface area (Å²) in [5, 5.41) is 2.63. The van der Waals surface area contributed by atoms with Gasteiger partial charge in [-0.15, -0.1) is 0 Å². The maximum absolute atomic E-state index is 13.6. The van der Waals surface area contributed by atoms with Crippen LogP contribution in [-0.4, -0.2) is 71.6 Å². The molecule has 0 bridgehead atoms. The number of esters is 4. The number of benzene rings is 2. The van der Waals surface area contributed by atoms with Crippen molar-refractivity contribution < 1.29 is 47.7 Å². The van der Waals surface area contributed by atoms with Gasteiger partial charge in [0.05, 0.1) is 11.5 Å². The van der Waals surface area contributed by atoms with E-state index >= 15 is 0 Å². The van der Waals surface area contributed by atoms with Crippen molar-refractivity contribution in [2.45, 2.75) is 71.4 Å². The van der Waals surface area contributed by atoms with Gasteiger partial charge in [-0.25, -0.2) is 4.79 Å². The van der Waals surface area contributed by atoms with Crippen molar-refractivity contribution in [1.29, 1.82) is 0 Å². The van der Waals surface area contributed by atoms with Crippen LogP contribution >= 0.6 is 0 Å². The molecule has 12 nitrogen and oxygen atoms in total. The molecule has 2 heterocycles. The van der Waals surface area contributed by atoms with Crippen molar-refractivity contribution in [3.63, 3.8) is 0 Å². The van der Waals surface area contributed by atoms with Crippen molar-refractivity contribution in [2.75, 3.05) is 6.79 Å². The van der Waals surface area contributed by atoms with Crippen LogP contribution in [-0.2, 0) is 54.3 Å². The molecule has 44 heavy (non-hydrogen) atoms. The molecule has 234 valence electrons. The third kappa shape index (κ3) is 6.90. The Morgan fingerprint density at radius 3 is 2.11 bits per heavy atom. The molecule has 2 aromatic carbocycles. The summed E-state index contributed by atoms with van der Waals surface area (Å²) in [6.45, 7) is 7.01. The van der Waals surface area contributed by atoms with Gasteiger partial charge < -0.3 is 29.2 Å². The fourth-order valence-corrected chi connectivity index (χ4v) is 5.32. The second-order valence-electron chi connectivity index (χ2n) is 11.8. The lowest BCUT2D eigenvalue weighted by molar-refractivity contribution is -0.180. The Bertz CT molecular complexity index is 1410. The quantitative estimate of drug-likeness (QED) is 0.140. The highest BCUT2D eigenvalue weighted by Crippen LogP contribution is 2.42. The molecule has 0 aliphatic carbocycles. The Hall–Kier alpha value is -4.74. The molecule has 2 aromatic rings. The largest absolute Gasteiger partial charge is 0.460 e. The second kappa shape index (κ2) is 13.3. The van der Waals surface area contributed by atoms with Gasteiger partial charge in [0, 0.05) is 12.8 Å². The summed E-state index contributed by atoms with van der Waals surface area (Å²) >= 11 is 0. The summed E-state index contributed by atoms with van der Waals surface area (Å²) in [7, 11) is 0. The van der Waals surface area contributed by atoms with Crippen molar-refractivity contribution in [2.24, 2.45) is 11.3 Å². The Balaban J connectivity index is 1.50. The Morgan fingerprint density at radius 1 is 0.909 bits per heavy atom. The first-order chi connectivity index (χ1) is 20.8. The first-order valence-corrected chi connectivity index (χ1v) is 14.2. The highest BCUT2D eigenvalue weighted by molar-refractivity contribution is 6.06. The van der Waals surface area contributed by atoms with Crippen LogP contribution in [0.2, 0.25) is 0 Å². The van der Waals surface area contributed by atoms with Gasteiger partial charge >= 0.3 is 23.9 Å². The normalized spacial score (nSPS) is 23.0. The zero-order valence-corrected chi connectivity index (χ0v) is 25.2. The van der Waals surface area contributed by atoms with Crippen LogP contribution in [0.4, 0.5) is 0 Å². The number of carbonyl (C=O) groups is 6. The van der Waals surface area contributed by atoms with Crippen LogP contribution in [0.5, 0.6) is 0 Å². The zero-order valence-electron chi connectivity index (χ0n) is 25.2. The molecule has 2 amide bonds. The van der Waals surface area contributed by atoms with Gasteiger partial charge in [-0.05, 0) is 31.9 Å². The van der Waals surface area contributed by atoms with Crippen LogP contribution in [0.3, 0.4) is 0 Å². The monoisotopic (exact) mass is 608 g/mol. The Kier molecular flexibility index (Phi) is 9.71. The first kappa shape index (κ1) is 32.2. The topological polar surface area (TPSA) is 155 Å². The molecule has 0 spiro atoms. The van der Waals surface area contributed by atoms with E-state index in [1.807, 2.05) is 6.07 Å². The maximum Gasteiger partial charge on any atom is 0.332 e. The Morgan fingerprint density at radius 2 is 1.52 bits per heavy atom. The molecule has 2 aliphatic rings. The van der Waals surface area contributed by atoms with Crippen LogP contribution in [0, 0.1) is 11.3 Å². The van der Waals surface area contributed by atoms with E-state index < -0.39 is 84.0 Å². The average molecular weight is 609 g/mol. The van der Waals surface area contributed by atoms with Crippen molar-refractivity contribution in [1.82, 2.24) is 10.2 Å². The first-order valence-electron chi connectivity index (χ1n) is 14.2. The van der Waals surface area contributed by atoms with Crippen LogP contribution in [0.15, 0.2) is 60.7 Å². The van der Waals surface area contributed by atoms with E-state index in [9.17, 15) is 28.8 Å². The molecule has 2 saturated heterocycles. The SMILES string of the molecule is CC(=O)OC1C(C)C(C(=O)OCOC(=O)C(C)(C)C)N2C(=O)C(NC(=O)C(C(=O)OCc3ccccc3)c3ccccc3)[C@@H]12. The van der Waals surface area contributed by atoms with E-state index in [4.69, 9.17) is 18.9 Å². The molecule has 0 saturated carbocycles. The van der Waals surface area contributed by atoms with Crippen molar-refractivity contribution >= 4 is 35.7 Å². The lowest BCUT2D eigenvalue weighted by Crippen LogP contribution is -2.73. The molecule has 4 rings (SSSR count). The van der Waals surface area contributed by atoms with Gasteiger partial charge in [-0.1, -0.05) is 67.6 Å². The summed E-state index contributed by atoms with van der Waals surface area (Å²) in [5.41, 5.74) is 0.269. The molecule has 1 N–H and O–H groups in total. The summed E-state index contributed by atoms with van der Waals surface area (Å²) in [6, 6.07) is 14.0. The highest BCUT2D eigenvalue weighted by atomic mass is 16.7. The van der Waals surface area contributed by atoms with Gasteiger partial charge in [0.2, 0.25) is 18.6 Å². The fourth-order valence-electron chi connectivity index (χ4n) is 5.32. The molecule has 2 aliphatic heterocycles. The molecule has 6 atom stereocenters. The predicted octanol–water partition coefficient (Wildman–Crippen LogP) is 2.25. The zero-order chi connectivity index (χ0) is 32.2. The molecule has 0 aromatic heterocycles. The van der Waals surface area contributed by atoms with Gasteiger partial charge in [-0.3, -0.25) is 24.0 Å².